The van der Waals surface area contributed by atoms with Crippen LogP contribution in [0.2, 0.25) is 0 Å². The fourth-order valence-corrected chi connectivity index (χ4v) is 5.62. The maximum atomic E-state index is 12.2. The summed E-state index contributed by atoms with van der Waals surface area (Å²) in [6, 6.07) is 11.7. The molecule has 35 heavy (non-hydrogen) atoms. The standard InChI is InChI=1S/C24H25N3O7S/c28-21(26-16-9-10-18-19(14-16)34-24(33-18)11-3-4-12-24)15-32-22(29)8-5-13-25-23-17-6-1-2-7-20(17)35(30,31)27-23/h1-2,6-7,9-10,14H,3-5,8,11-13,15H2,(H,25,27)(H,26,28). The van der Waals surface area contributed by atoms with Crippen LogP contribution in [0.1, 0.15) is 44.1 Å². The lowest BCUT2D eigenvalue weighted by Gasteiger charge is -2.21. The van der Waals surface area contributed by atoms with E-state index >= 15 is 0 Å². The molecule has 2 N–H and O–H groups in total. The highest BCUT2D eigenvalue weighted by Crippen LogP contribution is 2.47. The Labute approximate surface area is 202 Å². The monoisotopic (exact) mass is 499 g/mol. The summed E-state index contributed by atoms with van der Waals surface area (Å²) < 4.78 is 43.6. The van der Waals surface area contributed by atoms with E-state index in [2.05, 4.69) is 15.0 Å². The van der Waals surface area contributed by atoms with E-state index in [-0.39, 0.29) is 23.7 Å². The van der Waals surface area contributed by atoms with E-state index in [1.54, 1.807) is 36.4 Å². The number of carbonyl (C=O) groups excluding carboxylic acids is 2. The maximum absolute atomic E-state index is 12.2. The highest BCUT2D eigenvalue weighted by molar-refractivity contribution is 7.90. The van der Waals surface area contributed by atoms with Crippen molar-refractivity contribution in [3.63, 3.8) is 0 Å². The van der Waals surface area contributed by atoms with Crippen LogP contribution >= 0.6 is 0 Å². The Kier molecular flexibility index (Phi) is 6.10. The molecular weight excluding hydrogens is 474 g/mol. The zero-order valence-electron chi connectivity index (χ0n) is 18.9. The molecular formula is C24H25N3O7S. The first kappa shape index (κ1) is 23.2. The number of rotatable bonds is 7. The number of benzene rings is 2. The number of fused-ring (bicyclic) bond motifs is 2. The van der Waals surface area contributed by atoms with Crippen molar-refractivity contribution in [3.05, 3.63) is 48.0 Å². The molecule has 0 unspecified atom stereocenters. The van der Waals surface area contributed by atoms with Gasteiger partial charge < -0.3 is 19.5 Å². The molecule has 0 bridgehead atoms. The molecule has 2 aromatic rings. The molecule has 2 heterocycles. The fourth-order valence-electron chi connectivity index (χ4n) is 4.37. The fraction of sp³-hybridized carbons (Fsp3) is 0.375. The summed E-state index contributed by atoms with van der Waals surface area (Å²) in [6.07, 6.45) is 4.19. The molecule has 1 aliphatic carbocycles. The van der Waals surface area contributed by atoms with E-state index in [1.807, 2.05) is 0 Å². The highest BCUT2D eigenvalue weighted by Gasteiger charge is 2.44. The molecule has 0 aromatic heterocycles. The van der Waals surface area contributed by atoms with Gasteiger partial charge >= 0.3 is 5.97 Å². The largest absolute Gasteiger partial charge is 0.456 e. The van der Waals surface area contributed by atoms with Crippen molar-refractivity contribution in [2.45, 2.75) is 49.2 Å². The smallest absolute Gasteiger partial charge is 0.306 e. The minimum atomic E-state index is -3.59. The van der Waals surface area contributed by atoms with Crippen LogP contribution in [0.25, 0.3) is 0 Å². The number of carbonyl (C=O) groups is 2. The van der Waals surface area contributed by atoms with Crippen LogP contribution in [-0.2, 0) is 24.3 Å². The number of amides is 1. The van der Waals surface area contributed by atoms with E-state index in [4.69, 9.17) is 14.2 Å². The van der Waals surface area contributed by atoms with Crippen molar-refractivity contribution in [1.29, 1.82) is 0 Å². The molecule has 0 radical (unpaired) electrons. The molecule has 1 amide bonds. The second-order valence-electron chi connectivity index (χ2n) is 8.63. The lowest BCUT2D eigenvalue weighted by molar-refractivity contribution is -0.147. The quantitative estimate of drug-likeness (QED) is 0.442. The molecule has 1 fully saturated rings. The van der Waals surface area contributed by atoms with Gasteiger partial charge in [-0.1, -0.05) is 12.1 Å². The van der Waals surface area contributed by atoms with Crippen molar-refractivity contribution in [3.8, 4) is 11.5 Å². The average molecular weight is 500 g/mol. The molecule has 2 aromatic carbocycles. The number of aliphatic imine (C=N–C) groups is 1. The lowest BCUT2D eigenvalue weighted by Crippen LogP contribution is -2.34. The van der Waals surface area contributed by atoms with E-state index in [0.717, 1.165) is 25.7 Å². The number of esters is 1. The third-order valence-electron chi connectivity index (χ3n) is 6.02. The SMILES string of the molecule is O=C(COC(=O)CCCN=C1NS(=O)(=O)c2ccccc21)Nc1ccc2c(c1)OC1(CCCC1)O2. The molecule has 0 atom stereocenters. The number of amidine groups is 1. The first-order valence-corrected chi connectivity index (χ1v) is 13.0. The topological polar surface area (TPSA) is 132 Å². The molecule has 2 aliphatic heterocycles. The van der Waals surface area contributed by atoms with Gasteiger partial charge in [-0.25, -0.2) is 8.42 Å². The summed E-state index contributed by atoms with van der Waals surface area (Å²) in [7, 11) is -3.59. The zero-order chi connectivity index (χ0) is 24.5. The van der Waals surface area contributed by atoms with Crippen LogP contribution < -0.4 is 19.5 Å². The Bertz CT molecular complexity index is 1300. The Morgan fingerprint density at radius 1 is 1.09 bits per heavy atom. The molecule has 1 spiro atoms. The lowest BCUT2D eigenvalue weighted by atomic mass is 10.2. The van der Waals surface area contributed by atoms with Crippen molar-refractivity contribution in [2.75, 3.05) is 18.5 Å². The van der Waals surface area contributed by atoms with Gasteiger partial charge in [0.2, 0.25) is 0 Å². The second kappa shape index (κ2) is 9.21. The van der Waals surface area contributed by atoms with Crippen LogP contribution in [0.3, 0.4) is 0 Å². The highest BCUT2D eigenvalue weighted by atomic mass is 32.2. The van der Waals surface area contributed by atoms with Gasteiger partial charge in [0.1, 0.15) is 5.84 Å². The third kappa shape index (κ3) is 4.95. The van der Waals surface area contributed by atoms with Crippen molar-refractivity contribution < 1.29 is 32.2 Å². The molecule has 0 saturated heterocycles. The summed E-state index contributed by atoms with van der Waals surface area (Å²) in [5, 5.41) is 2.69. The third-order valence-corrected chi connectivity index (χ3v) is 7.42. The molecule has 5 rings (SSSR count). The van der Waals surface area contributed by atoms with Gasteiger partial charge in [-0.15, -0.1) is 0 Å². The first-order chi connectivity index (χ1) is 16.8. The number of anilines is 1. The molecule has 3 aliphatic rings. The van der Waals surface area contributed by atoms with E-state index < -0.39 is 34.3 Å². The second-order valence-corrected chi connectivity index (χ2v) is 10.3. The Balaban J connectivity index is 1.05. The summed E-state index contributed by atoms with van der Waals surface area (Å²) in [6.45, 7) is -0.189. The van der Waals surface area contributed by atoms with Crippen molar-refractivity contribution in [2.24, 2.45) is 4.99 Å². The summed E-state index contributed by atoms with van der Waals surface area (Å²) in [5.41, 5.74) is 1.03. The minimum Gasteiger partial charge on any atom is -0.456 e. The summed E-state index contributed by atoms with van der Waals surface area (Å²) >= 11 is 0. The Morgan fingerprint density at radius 2 is 1.86 bits per heavy atom. The van der Waals surface area contributed by atoms with Crippen LogP contribution in [0.15, 0.2) is 52.4 Å². The normalized spacial score (nSPS) is 19.4. The number of hydrogen-bond acceptors (Lipinski definition) is 8. The average Bonchev–Trinajstić information content (AvgIpc) is 3.51. The van der Waals surface area contributed by atoms with Gasteiger partial charge in [-0.3, -0.25) is 19.3 Å². The number of hydrogen-bond donors (Lipinski definition) is 2. The van der Waals surface area contributed by atoms with Gasteiger partial charge in [-0.05, 0) is 43.5 Å². The van der Waals surface area contributed by atoms with Gasteiger partial charge in [0, 0.05) is 43.1 Å². The van der Waals surface area contributed by atoms with Crippen LogP contribution in [0.5, 0.6) is 11.5 Å². The minimum absolute atomic E-state index is 0.0462. The number of sulfonamides is 1. The van der Waals surface area contributed by atoms with Crippen LogP contribution in [-0.4, -0.2) is 45.1 Å². The summed E-state index contributed by atoms with van der Waals surface area (Å²) in [4.78, 5) is 28.6. The molecule has 1 saturated carbocycles. The van der Waals surface area contributed by atoms with Gasteiger partial charge in [0.05, 0.1) is 4.90 Å². The van der Waals surface area contributed by atoms with Crippen molar-refractivity contribution in [1.82, 2.24) is 4.72 Å². The van der Waals surface area contributed by atoms with E-state index in [9.17, 15) is 18.0 Å². The van der Waals surface area contributed by atoms with Crippen LogP contribution in [0.4, 0.5) is 5.69 Å². The van der Waals surface area contributed by atoms with Gasteiger partial charge in [-0.2, -0.15) is 0 Å². The predicted octanol–water partition coefficient (Wildman–Crippen LogP) is 2.73. The van der Waals surface area contributed by atoms with Crippen LogP contribution in [0, 0.1) is 0 Å². The Hall–Kier alpha value is -3.60. The predicted molar refractivity (Wildman–Crippen MR) is 126 cm³/mol. The molecule has 11 heteroatoms. The summed E-state index contributed by atoms with van der Waals surface area (Å²) in [5.74, 6) is -0.0663. The van der Waals surface area contributed by atoms with E-state index in [0.29, 0.717) is 29.2 Å². The number of nitrogens with one attached hydrogen (secondary N) is 2. The molecule has 184 valence electrons. The number of nitrogens with zero attached hydrogens (tertiary/aromatic N) is 1. The van der Waals surface area contributed by atoms with Gasteiger partial charge in [0.15, 0.2) is 18.1 Å². The van der Waals surface area contributed by atoms with Crippen molar-refractivity contribution >= 4 is 33.4 Å². The zero-order valence-corrected chi connectivity index (χ0v) is 19.7. The number of ether oxygens (including phenoxy) is 3. The maximum Gasteiger partial charge on any atom is 0.306 e. The van der Waals surface area contributed by atoms with E-state index in [1.165, 1.54) is 6.07 Å². The Morgan fingerprint density at radius 3 is 2.69 bits per heavy atom. The van der Waals surface area contributed by atoms with Gasteiger partial charge in [0.25, 0.3) is 21.7 Å². The first-order valence-electron chi connectivity index (χ1n) is 11.5. The molecule has 10 nitrogen and oxygen atoms in total.